The van der Waals surface area contributed by atoms with Gasteiger partial charge in [-0.3, -0.25) is 0 Å². The molecule has 5 heteroatoms. The van der Waals surface area contributed by atoms with Crippen LogP contribution in [0.3, 0.4) is 0 Å². The summed E-state index contributed by atoms with van der Waals surface area (Å²) in [7, 11) is 0. The highest BCUT2D eigenvalue weighted by Crippen LogP contribution is 2.23. The van der Waals surface area contributed by atoms with Crippen LogP contribution in [0.25, 0.3) is 11.1 Å². The van der Waals surface area contributed by atoms with Crippen molar-refractivity contribution in [2.75, 3.05) is 0 Å². The van der Waals surface area contributed by atoms with Crippen LogP contribution in [0.15, 0.2) is 51.4 Å². The number of oxazole rings is 1. The van der Waals surface area contributed by atoms with Gasteiger partial charge in [-0.15, -0.1) is 0 Å². The zero-order valence-electron chi connectivity index (χ0n) is 10.5. The molecule has 0 aliphatic carbocycles. The topological polar surface area (TPSA) is 52.0 Å². The van der Waals surface area contributed by atoms with Crippen LogP contribution in [-0.4, -0.2) is 4.98 Å². The number of benzene rings is 2. The lowest BCUT2D eigenvalue weighted by Crippen LogP contribution is -2.13. The molecule has 1 aromatic heterocycles. The Bertz CT molecular complexity index is 703. The number of nitrogens with zero attached hydrogens (tertiary/aromatic N) is 1. The minimum absolute atomic E-state index is 0.317. The van der Waals surface area contributed by atoms with Crippen LogP contribution in [0.1, 0.15) is 17.5 Å². The lowest BCUT2D eigenvalue weighted by Gasteiger charge is -2.10. The highest BCUT2D eigenvalue weighted by Gasteiger charge is 2.13. The van der Waals surface area contributed by atoms with Crippen LogP contribution in [0, 0.1) is 5.82 Å². The van der Waals surface area contributed by atoms with Gasteiger partial charge < -0.3 is 10.2 Å². The Morgan fingerprint density at radius 1 is 1.25 bits per heavy atom. The number of para-hydroxylation sites is 2. The van der Waals surface area contributed by atoms with Gasteiger partial charge >= 0.3 is 0 Å². The summed E-state index contributed by atoms with van der Waals surface area (Å²) >= 11 is 3.26. The van der Waals surface area contributed by atoms with Crippen molar-refractivity contribution in [3.05, 3.63) is 64.2 Å². The van der Waals surface area contributed by atoms with Crippen LogP contribution in [0.2, 0.25) is 0 Å². The number of rotatable bonds is 3. The maximum Gasteiger partial charge on any atom is 0.197 e. The van der Waals surface area contributed by atoms with Crippen LogP contribution >= 0.6 is 15.9 Å². The van der Waals surface area contributed by atoms with Crippen molar-refractivity contribution < 1.29 is 8.81 Å². The molecule has 0 saturated heterocycles. The number of aromatic nitrogens is 1. The maximum atomic E-state index is 13.4. The minimum atomic E-state index is -0.366. The number of hydrogen-bond donors (Lipinski definition) is 1. The number of halogens is 2. The van der Waals surface area contributed by atoms with Crippen molar-refractivity contribution in [2.45, 2.75) is 12.5 Å². The molecule has 1 unspecified atom stereocenters. The molecule has 0 aliphatic heterocycles. The summed E-state index contributed by atoms with van der Waals surface area (Å²) < 4.78 is 19.7. The molecule has 2 N–H and O–H groups in total. The first-order chi connectivity index (χ1) is 9.61. The Hall–Kier alpha value is -1.72. The maximum absolute atomic E-state index is 13.4. The van der Waals surface area contributed by atoms with Crippen molar-refractivity contribution in [3.63, 3.8) is 0 Å². The third-order valence-corrected chi connectivity index (χ3v) is 3.50. The molecular weight excluding hydrogens is 323 g/mol. The van der Waals surface area contributed by atoms with Crippen molar-refractivity contribution in [2.24, 2.45) is 5.73 Å². The first-order valence-electron chi connectivity index (χ1n) is 6.18. The fraction of sp³-hybridized carbons (Fsp3) is 0.133. The molecule has 2 aromatic carbocycles. The van der Waals surface area contributed by atoms with E-state index in [0.29, 0.717) is 22.3 Å². The van der Waals surface area contributed by atoms with Crippen LogP contribution in [-0.2, 0) is 6.42 Å². The van der Waals surface area contributed by atoms with E-state index in [1.54, 1.807) is 6.07 Å². The predicted octanol–water partition coefficient (Wildman–Crippen LogP) is 3.97. The molecule has 1 atom stereocenters. The second kappa shape index (κ2) is 5.34. The zero-order valence-corrected chi connectivity index (χ0v) is 12.1. The SMILES string of the molecule is NC(Cc1nc2ccccc2o1)c1cc(F)cc(Br)c1. The van der Waals surface area contributed by atoms with Gasteiger partial charge in [0.15, 0.2) is 11.5 Å². The van der Waals surface area contributed by atoms with E-state index >= 15 is 0 Å². The van der Waals surface area contributed by atoms with E-state index in [1.807, 2.05) is 24.3 Å². The molecule has 3 rings (SSSR count). The largest absolute Gasteiger partial charge is 0.441 e. The van der Waals surface area contributed by atoms with Crippen molar-refractivity contribution in [1.29, 1.82) is 0 Å². The van der Waals surface area contributed by atoms with Gasteiger partial charge in [-0.05, 0) is 35.9 Å². The molecule has 1 heterocycles. The predicted molar refractivity (Wildman–Crippen MR) is 78.7 cm³/mol. The number of fused-ring (bicyclic) bond motifs is 1. The lowest BCUT2D eigenvalue weighted by molar-refractivity contribution is 0.501. The zero-order chi connectivity index (χ0) is 14.1. The summed E-state index contributed by atoms with van der Waals surface area (Å²) in [6.07, 6.45) is 0.421. The van der Waals surface area contributed by atoms with E-state index in [2.05, 4.69) is 20.9 Å². The molecule has 0 bridgehead atoms. The third-order valence-electron chi connectivity index (χ3n) is 3.05. The van der Waals surface area contributed by atoms with Gasteiger partial charge in [0.2, 0.25) is 0 Å². The molecule has 3 aromatic rings. The standard InChI is InChI=1S/C15H12BrFN2O/c16-10-5-9(6-11(17)7-10)12(18)8-15-19-13-3-1-2-4-14(13)20-15/h1-7,12H,8,18H2. The first kappa shape index (κ1) is 13.3. The normalized spacial score (nSPS) is 12.8. The quantitative estimate of drug-likeness (QED) is 0.788. The Morgan fingerprint density at radius 3 is 2.80 bits per heavy atom. The molecule has 20 heavy (non-hydrogen) atoms. The highest BCUT2D eigenvalue weighted by molar-refractivity contribution is 9.10. The van der Waals surface area contributed by atoms with Gasteiger partial charge in [0.25, 0.3) is 0 Å². The average Bonchev–Trinajstić information content (AvgIpc) is 2.79. The minimum Gasteiger partial charge on any atom is -0.441 e. The Kier molecular flexibility index (Phi) is 3.54. The molecule has 0 saturated carbocycles. The van der Waals surface area contributed by atoms with Crippen LogP contribution < -0.4 is 5.73 Å². The van der Waals surface area contributed by atoms with Gasteiger partial charge in [-0.1, -0.05) is 28.1 Å². The van der Waals surface area contributed by atoms with Crippen LogP contribution in [0.4, 0.5) is 4.39 Å². The average molecular weight is 335 g/mol. The summed E-state index contributed by atoms with van der Waals surface area (Å²) in [6.45, 7) is 0. The monoisotopic (exact) mass is 334 g/mol. The van der Waals surface area contributed by atoms with Gasteiger partial charge in [-0.25, -0.2) is 9.37 Å². The third kappa shape index (κ3) is 2.73. The molecule has 0 fully saturated rings. The van der Waals surface area contributed by atoms with Crippen molar-refractivity contribution >= 4 is 27.0 Å². The molecule has 102 valence electrons. The molecule has 0 spiro atoms. The van der Waals surface area contributed by atoms with E-state index in [-0.39, 0.29) is 11.9 Å². The van der Waals surface area contributed by atoms with E-state index in [9.17, 15) is 4.39 Å². The Morgan fingerprint density at radius 2 is 2.05 bits per heavy atom. The van der Waals surface area contributed by atoms with Crippen molar-refractivity contribution in [3.8, 4) is 0 Å². The summed E-state index contributed by atoms with van der Waals surface area (Å²) in [5.74, 6) is 0.237. The van der Waals surface area contributed by atoms with E-state index in [0.717, 1.165) is 11.1 Å². The second-order valence-corrected chi connectivity index (χ2v) is 5.50. The summed E-state index contributed by atoms with van der Waals surface area (Å²) in [5.41, 5.74) is 8.34. The fourth-order valence-electron chi connectivity index (χ4n) is 2.10. The van der Waals surface area contributed by atoms with Crippen LogP contribution in [0.5, 0.6) is 0 Å². The molecule has 0 aliphatic rings. The van der Waals surface area contributed by atoms with E-state index in [4.69, 9.17) is 10.2 Å². The van der Waals surface area contributed by atoms with E-state index < -0.39 is 0 Å². The van der Waals surface area contributed by atoms with Gasteiger partial charge in [-0.2, -0.15) is 0 Å². The molecular formula is C15H12BrFN2O. The first-order valence-corrected chi connectivity index (χ1v) is 6.97. The summed E-state index contributed by atoms with van der Waals surface area (Å²) in [4.78, 5) is 4.37. The van der Waals surface area contributed by atoms with Crippen molar-refractivity contribution in [1.82, 2.24) is 4.98 Å². The number of nitrogens with two attached hydrogens (primary N) is 1. The van der Waals surface area contributed by atoms with E-state index in [1.165, 1.54) is 12.1 Å². The molecule has 3 nitrogen and oxygen atoms in total. The van der Waals surface area contributed by atoms with Gasteiger partial charge in [0, 0.05) is 16.9 Å². The highest BCUT2D eigenvalue weighted by atomic mass is 79.9. The summed E-state index contributed by atoms with van der Waals surface area (Å²) in [5, 5.41) is 0. The number of hydrogen-bond acceptors (Lipinski definition) is 3. The fourth-order valence-corrected chi connectivity index (χ4v) is 2.59. The Labute approximate surface area is 123 Å². The summed E-state index contributed by atoms with van der Waals surface area (Å²) in [6, 6.07) is 11.8. The van der Waals surface area contributed by atoms with Gasteiger partial charge in [0.1, 0.15) is 11.3 Å². The molecule has 0 radical (unpaired) electrons. The Balaban J connectivity index is 1.86. The second-order valence-electron chi connectivity index (χ2n) is 4.59. The smallest absolute Gasteiger partial charge is 0.197 e. The lowest BCUT2D eigenvalue weighted by atomic mass is 10.0. The van der Waals surface area contributed by atoms with Gasteiger partial charge in [0.05, 0.1) is 0 Å². The molecule has 0 amide bonds.